The van der Waals surface area contributed by atoms with Crippen molar-refractivity contribution in [2.45, 2.75) is 6.42 Å². The van der Waals surface area contributed by atoms with Crippen LogP contribution < -0.4 is 10.1 Å². The van der Waals surface area contributed by atoms with Gasteiger partial charge in [-0.3, -0.25) is 4.79 Å². The zero-order chi connectivity index (χ0) is 17.4. The predicted molar refractivity (Wildman–Crippen MR) is 90.1 cm³/mol. The topological polar surface area (TPSA) is 71.5 Å². The highest BCUT2D eigenvalue weighted by Crippen LogP contribution is 2.31. The fourth-order valence-corrected chi connectivity index (χ4v) is 2.72. The Balaban J connectivity index is 1.63. The van der Waals surface area contributed by atoms with Crippen molar-refractivity contribution in [3.05, 3.63) is 66.0 Å². The number of carbonyl (C=O) groups excluding carboxylic acids is 1. The van der Waals surface area contributed by atoms with Crippen molar-refractivity contribution in [3.63, 3.8) is 0 Å². The van der Waals surface area contributed by atoms with Gasteiger partial charge in [-0.1, -0.05) is 18.2 Å². The molecular weight excluding hydrogens is 323 g/mol. The molecule has 0 atom stereocenters. The molecule has 2 aromatic carbocycles. The number of anilines is 1. The van der Waals surface area contributed by atoms with E-state index >= 15 is 0 Å². The maximum atomic E-state index is 14.1. The molecule has 0 bridgehead atoms. The van der Waals surface area contributed by atoms with Crippen molar-refractivity contribution in [3.8, 4) is 28.6 Å². The largest absolute Gasteiger partial charge is 0.505 e. The third kappa shape index (κ3) is 2.89. The number of nitrogens with zero attached hydrogens (tertiary/aromatic N) is 1. The summed E-state index contributed by atoms with van der Waals surface area (Å²) in [5.74, 6) is -0.412. The molecule has 2 heterocycles. The molecule has 0 saturated carbocycles. The average Bonchev–Trinajstić information content (AvgIpc) is 2.97. The van der Waals surface area contributed by atoms with Gasteiger partial charge in [-0.05, 0) is 29.8 Å². The number of ether oxygens (including phenoxy) is 1. The molecule has 2 N–H and O–H groups in total. The lowest BCUT2D eigenvalue weighted by Crippen LogP contribution is -2.03. The highest BCUT2D eigenvalue weighted by atomic mass is 19.1. The lowest BCUT2D eigenvalue weighted by molar-refractivity contribution is -0.115. The molecule has 0 unspecified atom stereocenters. The van der Waals surface area contributed by atoms with Crippen molar-refractivity contribution >= 4 is 11.6 Å². The van der Waals surface area contributed by atoms with E-state index in [-0.39, 0.29) is 17.4 Å². The van der Waals surface area contributed by atoms with E-state index in [0.29, 0.717) is 17.9 Å². The van der Waals surface area contributed by atoms with Crippen LogP contribution in [0.5, 0.6) is 17.4 Å². The second kappa shape index (κ2) is 5.90. The highest BCUT2D eigenvalue weighted by molar-refractivity contribution is 5.99. The molecule has 4 rings (SSSR count). The molecule has 124 valence electrons. The standard InChI is InChI=1S/C19H13FN2O3/c20-19-13(3-1-5-16(19)23)14-4-2-6-18(22-14)25-12-8-7-11-9-17(24)21-15(11)10-12/h1-8,10,23H,9H2,(H,21,24). The molecule has 1 aliphatic rings. The quantitative estimate of drug-likeness (QED) is 0.761. The Hall–Kier alpha value is -3.41. The molecule has 0 fully saturated rings. The minimum atomic E-state index is -0.729. The zero-order valence-corrected chi connectivity index (χ0v) is 13.0. The molecule has 0 radical (unpaired) electrons. The summed E-state index contributed by atoms with van der Waals surface area (Å²) < 4.78 is 19.8. The Labute approximate surface area is 142 Å². The number of hydrogen-bond acceptors (Lipinski definition) is 4. The summed E-state index contributed by atoms with van der Waals surface area (Å²) in [5.41, 5.74) is 2.17. The highest BCUT2D eigenvalue weighted by Gasteiger charge is 2.18. The molecule has 1 aromatic heterocycles. The fraction of sp³-hybridized carbons (Fsp3) is 0.0526. The molecule has 0 saturated heterocycles. The van der Waals surface area contributed by atoms with Gasteiger partial charge in [0.2, 0.25) is 11.8 Å². The van der Waals surface area contributed by atoms with E-state index in [9.17, 15) is 14.3 Å². The number of phenolic OH excluding ortho intramolecular Hbond substituents is 1. The molecule has 5 nitrogen and oxygen atoms in total. The van der Waals surface area contributed by atoms with Gasteiger partial charge in [-0.2, -0.15) is 0 Å². The first-order chi connectivity index (χ1) is 12.1. The second-order valence-corrected chi connectivity index (χ2v) is 5.65. The first kappa shape index (κ1) is 15.1. The number of aromatic hydroxyl groups is 1. The minimum Gasteiger partial charge on any atom is -0.505 e. The summed E-state index contributed by atoms with van der Waals surface area (Å²) in [6.45, 7) is 0. The normalized spacial score (nSPS) is 12.6. The predicted octanol–water partition coefficient (Wildman–Crippen LogP) is 3.88. The molecule has 1 aliphatic heterocycles. The summed E-state index contributed by atoms with van der Waals surface area (Å²) in [6.07, 6.45) is 0.361. The van der Waals surface area contributed by atoms with Gasteiger partial charge < -0.3 is 15.2 Å². The van der Waals surface area contributed by atoms with Crippen LogP contribution >= 0.6 is 0 Å². The Morgan fingerprint density at radius 3 is 2.84 bits per heavy atom. The summed E-state index contributed by atoms with van der Waals surface area (Å²) in [6, 6.07) is 14.6. The van der Waals surface area contributed by atoms with Gasteiger partial charge in [0.15, 0.2) is 11.6 Å². The molecule has 6 heteroatoms. The van der Waals surface area contributed by atoms with E-state index in [1.54, 1.807) is 36.4 Å². The number of pyridine rings is 1. The van der Waals surface area contributed by atoms with E-state index in [1.165, 1.54) is 12.1 Å². The van der Waals surface area contributed by atoms with Crippen LogP contribution in [0.15, 0.2) is 54.6 Å². The first-order valence-electron chi connectivity index (χ1n) is 7.66. The number of rotatable bonds is 3. The van der Waals surface area contributed by atoms with E-state index in [0.717, 1.165) is 11.3 Å². The van der Waals surface area contributed by atoms with Crippen LogP contribution in [0.25, 0.3) is 11.3 Å². The maximum absolute atomic E-state index is 14.1. The minimum absolute atomic E-state index is 0.0494. The van der Waals surface area contributed by atoms with Gasteiger partial charge in [-0.25, -0.2) is 9.37 Å². The number of nitrogens with one attached hydrogen (secondary N) is 1. The van der Waals surface area contributed by atoms with Crippen LogP contribution in [0, 0.1) is 5.82 Å². The van der Waals surface area contributed by atoms with E-state index in [4.69, 9.17) is 4.74 Å². The van der Waals surface area contributed by atoms with Crippen LogP contribution in [0.1, 0.15) is 5.56 Å². The van der Waals surface area contributed by atoms with Crippen LogP contribution in [-0.4, -0.2) is 16.0 Å². The third-order valence-corrected chi connectivity index (χ3v) is 3.91. The van der Waals surface area contributed by atoms with Crippen molar-refractivity contribution < 1.29 is 19.0 Å². The summed E-state index contributed by atoms with van der Waals surface area (Å²) in [4.78, 5) is 15.7. The number of hydrogen-bond donors (Lipinski definition) is 2. The lowest BCUT2D eigenvalue weighted by atomic mass is 10.1. The Bertz CT molecular complexity index is 988. The SMILES string of the molecule is O=C1Cc2ccc(Oc3cccc(-c4cccc(O)c4F)n3)cc2N1. The molecule has 1 amide bonds. The lowest BCUT2D eigenvalue weighted by Gasteiger charge is -2.09. The summed E-state index contributed by atoms with van der Waals surface area (Å²) in [7, 11) is 0. The number of fused-ring (bicyclic) bond motifs is 1. The number of halogens is 1. The number of aromatic nitrogens is 1. The fourth-order valence-electron chi connectivity index (χ4n) is 2.72. The molecule has 3 aromatic rings. The van der Waals surface area contributed by atoms with Gasteiger partial charge in [0.1, 0.15) is 5.75 Å². The third-order valence-electron chi connectivity index (χ3n) is 3.91. The zero-order valence-electron chi connectivity index (χ0n) is 13.0. The number of phenols is 1. The monoisotopic (exact) mass is 336 g/mol. The van der Waals surface area contributed by atoms with Gasteiger partial charge in [0.05, 0.1) is 12.1 Å². The molecule has 0 spiro atoms. The van der Waals surface area contributed by atoms with Gasteiger partial charge >= 0.3 is 0 Å². The van der Waals surface area contributed by atoms with Crippen LogP contribution in [0.2, 0.25) is 0 Å². The van der Waals surface area contributed by atoms with Crippen molar-refractivity contribution in [1.29, 1.82) is 0 Å². The second-order valence-electron chi connectivity index (χ2n) is 5.65. The van der Waals surface area contributed by atoms with Crippen LogP contribution in [-0.2, 0) is 11.2 Å². The molecule has 0 aliphatic carbocycles. The van der Waals surface area contributed by atoms with E-state index in [1.807, 2.05) is 6.07 Å². The first-order valence-corrected chi connectivity index (χ1v) is 7.66. The van der Waals surface area contributed by atoms with Gasteiger partial charge in [0, 0.05) is 23.4 Å². The van der Waals surface area contributed by atoms with Crippen LogP contribution in [0.4, 0.5) is 10.1 Å². The smallest absolute Gasteiger partial charge is 0.228 e. The Morgan fingerprint density at radius 1 is 1.12 bits per heavy atom. The number of amides is 1. The molecule has 25 heavy (non-hydrogen) atoms. The van der Waals surface area contributed by atoms with Gasteiger partial charge in [-0.15, -0.1) is 0 Å². The van der Waals surface area contributed by atoms with E-state index < -0.39 is 11.6 Å². The van der Waals surface area contributed by atoms with Crippen molar-refractivity contribution in [1.82, 2.24) is 4.98 Å². The Kier molecular flexibility index (Phi) is 3.57. The summed E-state index contributed by atoms with van der Waals surface area (Å²) >= 11 is 0. The van der Waals surface area contributed by atoms with Gasteiger partial charge in [0.25, 0.3) is 0 Å². The molecular formula is C19H13FN2O3. The maximum Gasteiger partial charge on any atom is 0.228 e. The number of carbonyl (C=O) groups is 1. The van der Waals surface area contributed by atoms with Crippen molar-refractivity contribution in [2.24, 2.45) is 0 Å². The summed E-state index contributed by atoms with van der Waals surface area (Å²) in [5, 5.41) is 12.3. The van der Waals surface area contributed by atoms with E-state index in [2.05, 4.69) is 10.3 Å². The average molecular weight is 336 g/mol. The van der Waals surface area contributed by atoms with Crippen LogP contribution in [0.3, 0.4) is 0 Å². The van der Waals surface area contributed by atoms with Crippen molar-refractivity contribution in [2.75, 3.05) is 5.32 Å². The number of benzene rings is 2. The Morgan fingerprint density at radius 2 is 1.96 bits per heavy atom.